The first-order valence-electron chi connectivity index (χ1n) is 7.93. The van der Waals surface area contributed by atoms with Gasteiger partial charge in [0.2, 0.25) is 0 Å². The fourth-order valence-corrected chi connectivity index (χ4v) is 2.49. The number of hydrogen-bond donors (Lipinski definition) is 1. The third kappa shape index (κ3) is 4.26. The van der Waals surface area contributed by atoms with Gasteiger partial charge in [-0.25, -0.2) is 14.4 Å². The molecule has 1 amide bonds. The zero-order valence-corrected chi connectivity index (χ0v) is 13.8. The normalized spacial score (nSPS) is 10.6. The number of nitrogens with zero attached hydrogens (tertiary/aromatic N) is 4. The first-order chi connectivity index (χ1) is 12.1. The summed E-state index contributed by atoms with van der Waals surface area (Å²) in [5.41, 5.74) is 2.29. The molecule has 2 heterocycles. The van der Waals surface area contributed by atoms with Gasteiger partial charge in [0.15, 0.2) is 0 Å². The molecule has 0 saturated carbocycles. The first kappa shape index (κ1) is 16.8. The summed E-state index contributed by atoms with van der Waals surface area (Å²) in [5, 5.41) is 2.81. The van der Waals surface area contributed by atoms with E-state index in [9.17, 15) is 9.18 Å². The largest absolute Gasteiger partial charge is 0.350 e. The highest BCUT2D eigenvalue weighted by molar-refractivity contribution is 5.91. The predicted octanol–water partition coefficient (Wildman–Crippen LogP) is 2.14. The highest BCUT2D eigenvalue weighted by Crippen LogP contribution is 2.11. The third-order valence-electron chi connectivity index (χ3n) is 3.82. The number of rotatable bonds is 6. The lowest BCUT2D eigenvalue weighted by atomic mass is 10.2. The molecule has 0 atom stereocenters. The number of benzene rings is 1. The number of nitrogens with one attached hydrogen (secondary N) is 1. The summed E-state index contributed by atoms with van der Waals surface area (Å²) >= 11 is 0. The molecule has 1 aromatic carbocycles. The van der Waals surface area contributed by atoms with E-state index in [0.29, 0.717) is 19.5 Å². The maximum absolute atomic E-state index is 13.0. The molecule has 0 aliphatic rings. The van der Waals surface area contributed by atoms with Crippen molar-refractivity contribution >= 4 is 5.91 Å². The molecule has 0 aliphatic heterocycles. The average Bonchev–Trinajstić information content (AvgIpc) is 2.98. The molecule has 128 valence electrons. The van der Waals surface area contributed by atoms with Crippen LogP contribution in [0.3, 0.4) is 0 Å². The van der Waals surface area contributed by atoms with E-state index in [1.165, 1.54) is 30.7 Å². The lowest BCUT2D eigenvalue weighted by Crippen LogP contribution is -2.27. The van der Waals surface area contributed by atoms with E-state index in [0.717, 1.165) is 17.1 Å². The van der Waals surface area contributed by atoms with Gasteiger partial charge in [0, 0.05) is 43.8 Å². The fourth-order valence-electron chi connectivity index (χ4n) is 2.49. The van der Waals surface area contributed by atoms with Crippen LogP contribution >= 0.6 is 0 Å². The Labute approximate surface area is 144 Å². The lowest BCUT2D eigenvalue weighted by Gasteiger charge is -2.11. The van der Waals surface area contributed by atoms with Crippen molar-refractivity contribution < 1.29 is 9.18 Å². The van der Waals surface area contributed by atoms with Gasteiger partial charge < -0.3 is 9.88 Å². The van der Waals surface area contributed by atoms with Crippen LogP contribution < -0.4 is 5.32 Å². The van der Waals surface area contributed by atoms with Crippen LogP contribution in [-0.4, -0.2) is 32.0 Å². The van der Waals surface area contributed by atoms with Gasteiger partial charge in [-0.15, -0.1) is 0 Å². The first-order valence-corrected chi connectivity index (χ1v) is 7.93. The Morgan fingerprint density at radius 1 is 1.16 bits per heavy atom. The van der Waals surface area contributed by atoms with E-state index >= 15 is 0 Å². The Balaban J connectivity index is 1.61. The molecule has 0 unspecified atom stereocenters. The summed E-state index contributed by atoms with van der Waals surface area (Å²) in [6.07, 6.45) is 6.80. The van der Waals surface area contributed by atoms with Gasteiger partial charge in [-0.05, 0) is 24.6 Å². The van der Waals surface area contributed by atoms with Crippen LogP contribution in [0.15, 0.2) is 49.1 Å². The van der Waals surface area contributed by atoms with Crippen molar-refractivity contribution in [3.05, 3.63) is 77.6 Å². The minimum absolute atomic E-state index is 0.252. The highest BCUT2D eigenvalue weighted by atomic mass is 19.1. The van der Waals surface area contributed by atoms with Crippen LogP contribution in [0.25, 0.3) is 0 Å². The molecule has 2 aromatic heterocycles. The number of hydrogen-bond acceptors (Lipinski definition) is 4. The van der Waals surface area contributed by atoms with E-state index in [2.05, 4.69) is 24.8 Å². The van der Waals surface area contributed by atoms with Gasteiger partial charge in [0.1, 0.15) is 17.3 Å². The number of carbonyl (C=O) groups is 1. The maximum Gasteiger partial charge on any atom is 0.271 e. The Morgan fingerprint density at radius 2 is 1.96 bits per heavy atom. The summed E-state index contributed by atoms with van der Waals surface area (Å²) in [7, 11) is 0. The Morgan fingerprint density at radius 3 is 2.68 bits per heavy atom. The van der Waals surface area contributed by atoms with Crippen molar-refractivity contribution in [1.82, 2.24) is 24.8 Å². The SMILES string of the molecule is Cc1cnc(CCNC(=O)c2cnccn2)n1Cc1ccc(F)cc1. The number of amides is 1. The molecule has 25 heavy (non-hydrogen) atoms. The molecule has 3 rings (SSSR count). The molecule has 0 radical (unpaired) electrons. The zero-order valence-electron chi connectivity index (χ0n) is 13.8. The molecule has 6 nitrogen and oxygen atoms in total. The van der Waals surface area contributed by atoms with Crippen LogP contribution in [0.2, 0.25) is 0 Å². The van der Waals surface area contributed by atoms with Gasteiger partial charge in [-0.2, -0.15) is 0 Å². The van der Waals surface area contributed by atoms with Gasteiger partial charge >= 0.3 is 0 Å². The minimum Gasteiger partial charge on any atom is -0.350 e. The van der Waals surface area contributed by atoms with Crippen LogP contribution in [0.4, 0.5) is 4.39 Å². The number of imidazole rings is 1. The molecule has 0 fully saturated rings. The van der Waals surface area contributed by atoms with Crippen molar-refractivity contribution in [2.75, 3.05) is 6.54 Å². The van der Waals surface area contributed by atoms with Crippen molar-refractivity contribution in [3.63, 3.8) is 0 Å². The molecule has 0 spiro atoms. The van der Waals surface area contributed by atoms with E-state index in [4.69, 9.17) is 0 Å². The summed E-state index contributed by atoms with van der Waals surface area (Å²) in [6.45, 7) is 3.02. The monoisotopic (exact) mass is 339 g/mol. The van der Waals surface area contributed by atoms with E-state index in [1.807, 2.05) is 6.92 Å². The highest BCUT2D eigenvalue weighted by Gasteiger charge is 2.10. The summed E-state index contributed by atoms with van der Waals surface area (Å²) < 4.78 is 15.1. The molecule has 0 aliphatic carbocycles. The van der Waals surface area contributed by atoms with E-state index < -0.39 is 0 Å². The third-order valence-corrected chi connectivity index (χ3v) is 3.82. The second-order valence-corrected chi connectivity index (χ2v) is 5.62. The molecule has 1 N–H and O–H groups in total. The Kier molecular flexibility index (Phi) is 5.13. The number of halogens is 1. The van der Waals surface area contributed by atoms with Crippen molar-refractivity contribution in [2.24, 2.45) is 0 Å². The number of aryl methyl sites for hydroxylation is 1. The number of aromatic nitrogens is 4. The van der Waals surface area contributed by atoms with Crippen LogP contribution in [-0.2, 0) is 13.0 Å². The zero-order chi connectivity index (χ0) is 17.6. The fraction of sp³-hybridized carbons (Fsp3) is 0.222. The molecule has 0 saturated heterocycles. The average molecular weight is 339 g/mol. The van der Waals surface area contributed by atoms with Gasteiger partial charge in [0.25, 0.3) is 5.91 Å². The van der Waals surface area contributed by atoms with E-state index in [1.54, 1.807) is 18.3 Å². The second-order valence-electron chi connectivity index (χ2n) is 5.62. The number of carbonyl (C=O) groups excluding carboxylic acids is 1. The quantitative estimate of drug-likeness (QED) is 0.747. The lowest BCUT2D eigenvalue weighted by molar-refractivity contribution is 0.0948. The van der Waals surface area contributed by atoms with E-state index in [-0.39, 0.29) is 17.4 Å². The van der Waals surface area contributed by atoms with Gasteiger partial charge in [0.05, 0.1) is 6.20 Å². The van der Waals surface area contributed by atoms with Crippen LogP contribution in [0, 0.1) is 12.7 Å². The van der Waals surface area contributed by atoms with Crippen molar-refractivity contribution in [1.29, 1.82) is 0 Å². The Hall–Kier alpha value is -3.09. The smallest absolute Gasteiger partial charge is 0.271 e. The molecule has 0 bridgehead atoms. The maximum atomic E-state index is 13.0. The molecule has 3 aromatic rings. The molecular formula is C18H18FN5O. The standard InChI is InChI=1S/C18H18FN5O/c1-13-10-23-17(24(13)12-14-2-4-15(19)5-3-14)6-7-22-18(25)16-11-20-8-9-21-16/h2-5,8-11H,6-7,12H2,1H3,(H,22,25). The molecule has 7 heteroatoms. The summed E-state index contributed by atoms with van der Waals surface area (Å²) in [6, 6.07) is 6.41. The Bertz CT molecular complexity index is 846. The second kappa shape index (κ2) is 7.65. The van der Waals surface area contributed by atoms with Gasteiger partial charge in [-0.3, -0.25) is 9.78 Å². The van der Waals surface area contributed by atoms with Crippen molar-refractivity contribution in [3.8, 4) is 0 Å². The van der Waals surface area contributed by atoms with Gasteiger partial charge in [-0.1, -0.05) is 12.1 Å². The summed E-state index contributed by atoms with van der Waals surface area (Å²) in [4.78, 5) is 24.2. The van der Waals surface area contributed by atoms with Crippen LogP contribution in [0.5, 0.6) is 0 Å². The molecular weight excluding hydrogens is 321 g/mol. The minimum atomic E-state index is -0.263. The predicted molar refractivity (Wildman–Crippen MR) is 90.5 cm³/mol. The van der Waals surface area contributed by atoms with Crippen LogP contribution in [0.1, 0.15) is 27.6 Å². The summed E-state index contributed by atoms with van der Waals surface area (Å²) in [5.74, 6) is 0.348. The van der Waals surface area contributed by atoms with Crippen molar-refractivity contribution in [2.45, 2.75) is 19.9 Å². The topological polar surface area (TPSA) is 72.7 Å².